The van der Waals surface area contributed by atoms with Gasteiger partial charge in [0, 0.05) is 5.41 Å². The molecule has 0 amide bonds. The molecule has 0 fully saturated rings. The third kappa shape index (κ3) is 2.87. The van der Waals surface area contributed by atoms with E-state index in [0.29, 0.717) is 0 Å². The van der Waals surface area contributed by atoms with E-state index < -0.39 is 5.41 Å². The molecule has 0 N–H and O–H groups in total. The third-order valence-corrected chi connectivity index (χ3v) is 4.26. The zero-order chi connectivity index (χ0) is 16.4. The van der Waals surface area contributed by atoms with Gasteiger partial charge in [-0.1, -0.05) is 36.4 Å². The molecule has 0 heterocycles. The van der Waals surface area contributed by atoms with Gasteiger partial charge in [-0.15, -0.1) is 0 Å². The third-order valence-electron chi connectivity index (χ3n) is 4.26. The molecule has 3 rings (SSSR count). The molecule has 0 aliphatic heterocycles. The van der Waals surface area contributed by atoms with E-state index in [1.54, 1.807) is 36.4 Å². The Labute approximate surface area is 133 Å². The largest absolute Gasteiger partial charge is 0.207 e. The average Bonchev–Trinajstić information content (AvgIpc) is 2.56. The van der Waals surface area contributed by atoms with Crippen LogP contribution in [0.4, 0.5) is 13.2 Å². The predicted molar refractivity (Wildman–Crippen MR) is 84.8 cm³/mol. The Hall–Kier alpha value is -2.55. The van der Waals surface area contributed by atoms with Crippen LogP contribution in [0.25, 0.3) is 0 Å². The molecule has 0 saturated heterocycles. The molecule has 0 radical (unpaired) electrons. The minimum Gasteiger partial charge on any atom is -0.207 e. The number of benzene rings is 3. The van der Waals surface area contributed by atoms with Gasteiger partial charge in [0.2, 0.25) is 0 Å². The zero-order valence-electron chi connectivity index (χ0n) is 12.6. The van der Waals surface area contributed by atoms with Crippen LogP contribution in [0.2, 0.25) is 0 Å². The topological polar surface area (TPSA) is 0 Å². The van der Waals surface area contributed by atoms with Crippen LogP contribution in [-0.2, 0) is 5.41 Å². The van der Waals surface area contributed by atoms with Crippen molar-refractivity contribution in [1.29, 1.82) is 0 Å². The van der Waals surface area contributed by atoms with Crippen molar-refractivity contribution in [3.05, 3.63) is 107 Å². The van der Waals surface area contributed by atoms with E-state index in [-0.39, 0.29) is 17.5 Å². The second-order valence-electron chi connectivity index (χ2n) is 5.65. The second-order valence-corrected chi connectivity index (χ2v) is 5.65. The summed E-state index contributed by atoms with van der Waals surface area (Å²) in [5.41, 5.74) is 1.89. The molecular formula is C20H15F3. The van der Waals surface area contributed by atoms with E-state index in [9.17, 15) is 13.2 Å². The molecule has 0 aliphatic carbocycles. The summed E-state index contributed by atoms with van der Waals surface area (Å²) in [5.74, 6) is -0.974. The summed E-state index contributed by atoms with van der Waals surface area (Å²) in [4.78, 5) is 0. The summed E-state index contributed by atoms with van der Waals surface area (Å²) in [7, 11) is 0. The highest BCUT2D eigenvalue weighted by Crippen LogP contribution is 2.38. The SMILES string of the molecule is CC(c1ccc(F)cc1)(c1ccc(F)cc1)c1ccc(F)cc1. The molecular weight excluding hydrogens is 297 g/mol. The van der Waals surface area contributed by atoms with Gasteiger partial charge in [0.1, 0.15) is 17.5 Å². The molecule has 3 aromatic rings. The van der Waals surface area contributed by atoms with Crippen molar-refractivity contribution in [2.45, 2.75) is 12.3 Å². The van der Waals surface area contributed by atoms with Gasteiger partial charge in [0.15, 0.2) is 0 Å². The van der Waals surface area contributed by atoms with Gasteiger partial charge >= 0.3 is 0 Å². The maximum atomic E-state index is 13.3. The maximum absolute atomic E-state index is 13.3. The van der Waals surface area contributed by atoms with E-state index in [1.807, 2.05) is 6.92 Å². The standard InChI is InChI=1S/C20H15F3/c1-20(14-2-8-17(21)9-3-14,15-4-10-18(22)11-5-15)16-6-12-19(23)13-7-16/h2-13H,1H3. The lowest BCUT2D eigenvalue weighted by Gasteiger charge is -2.32. The molecule has 116 valence electrons. The fourth-order valence-corrected chi connectivity index (χ4v) is 2.85. The lowest BCUT2D eigenvalue weighted by atomic mass is 9.71. The number of hydrogen-bond acceptors (Lipinski definition) is 0. The first kappa shape index (κ1) is 15.3. The van der Waals surface area contributed by atoms with Crippen LogP contribution in [-0.4, -0.2) is 0 Å². The van der Waals surface area contributed by atoms with Crippen LogP contribution in [0.1, 0.15) is 23.6 Å². The first-order valence-electron chi connectivity index (χ1n) is 7.28. The van der Waals surface area contributed by atoms with Crippen LogP contribution >= 0.6 is 0 Å². The Kier molecular flexibility index (Phi) is 3.95. The molecule has 3 heteroatoms. The summed E-state index contributed by atoms with van der Waals surface area (Å²) in [6.07, 6.45) is 0. The number of rotatable bonds is 3. The van der Waals surface area contributed by atoms with Crippen LogP contribution in [0.3, 0.4) is 0 Å². The summed E-state index contributed by atoms with van der Waals surface area (Å²) < 4.78 is 39.9. The maximum Gasteiger partial charge on any atom is 0.123 e. The van der Waals surface area contributed by atoms with Gasteiger partial charge in [0.05, 0.1) is 0 Å². The quantitative estimate of drug-likeness (QED) is 0.563. The highest BCUT2D eigenvalue weighted by Gasteiger charge is 2.31. The molecule has 23 heavy (non-hydrogen) atoms. The highest BCUT2D eigenvalue weighted by atomic mass is 19.1. The lowest BCUT2D eigenvalue weighted by molar-refractivity contribution is 0.614. The summed E-state index contributed by atoms with van der Waals surface area (Å²) in [6.45, 7) is 1.96. The summed E-state index contributed by atoms with van der Waals surface area (Å²) in [5, 5.41) is 0. The smallest absolute Gasteiger partial charge is 0.123 e. The molecule has 0 nitrogen and oxygen atoms in total. The molecule has 3 aromatic carbocycles. The Bertz CT molecular complexity index is 677. The van der Waals surface area contributed by atoms with Crippen LogP contribution in [0, 0.1) is 17.5 Å². The lowest BCUT2D eigenvalue weighted by Crippen LogP contribution is -2.25. The highest BCUT2D eigenvalue weighted by molar-refractivity contribution is 5.49. The van der Waals surface area contributed by atoms with Gasteiger partial charge < -0.3 is 0 Å². The van der Waals surface area contributed by atoms with Crippen molar-refractivity contribution in [2.24, 2.45) is 0 Å². The van der Waals surface area contributed by atoms with Gasteiger partial charge in [0.25, 0.3) is 0 Å². The first-order chi connectivity index (χ1) is 11.0. The molecule has 0 aliphatic rings. The first-order valence-corrected chi connectivity index (χ1v) is 7.28. The number of hydrogen-bond donors (Lipinski definition) is 0. The minimum absolute atomic E-state index is 0.325. The minimum atomic E-state index is -0.644. The molecule has 0 aromatic heterocycles. The fourth-order valence-electron chi connectivity index (χ4n) is 2.85. The van der Waals surface area contributed by atoms with Gasteiger partial charge in [-0.25, -0.2) is 13.2 Å². The molecule has 0 saturated carbocycles. The Morgan fingerprint density at radius 1 is 0.478 bits per heavy atom. The van der Waals surface area contributed by atoms with Crippen molar-refractivity contribution in [3.8, 4) is 0 Å². The van der Waals surface area contributed by atoms with Crippen LogP contribution in [0.5, 0.6) is 0 Å². The van der Waals surface area contributed by atoms with E-state index in [4.69, 9.17) is 0 Å². The number of halogens is 3. The van der Waals surface area contributed by atoms with E-state index in [0.717, 1.165) is 16.7 Å². The molecule has 0 unspecified atom stereocenters. The van der Waals surface area contributed by atoms with Crippen molar-refractivity contribution < 1.29 is 13.2 Å². The van der Waals surface area contributed by atoms with E-state index >= 15 is 0 Å². The van der Waals surface area contributed by atoms with Crippen LogP contribution in [0.15, 0.2) is 72.8 Å². The van der Waals surface area contributed by atoms with Crippen LogP contribution < -0.4 is 0 Å². The van der Waals surface area contributed by atoms with E-state index in [2.05, 4.69) is 0 Å². The van der Waals surface area contributed by atoms with Crippen molar-refractivity contribution in [1.82, 2.24) is 0 Å². The second kappa shape index (κ2) is 5.92. The molecule has 0 atom stereocenters. The van der Waals surface area contributed by atoms with Gasteiger partial charge in [-0.3, -0.25) is 0 Å². The van der Waals surface area contributed by atoms with E-state index in [1.165, 1.54) is 36.4 Å². The Morgan fingerprint density at radius 2 is 0.696 bits per heavy atom. The average molecular weight is 312 g/mol. The zero-order valence-corrected chi connectivity index (χ0v) is 12.6. The summed E-state index contributed by atoms with van der Waals surface area (Å²) in [6, 6.07) is 18.5. The molecule has 0 spiro atoms. The van der Waals surface area contributed by atoms with Crippen molar-refractivity contribution in [2.75, 3.05) is 0 Å². The van der Waals surface area contributed by atoms with Crippen molar-refractivity contribution in [3.63, 3.8) is 0 Å². The molecule has 0 bridgehead atoms. The van der Waals surface area contributed by atoms with Gasteiger partial charge in [-0.2, -0.15) is 0 Å². The fraction of sp³-hybridized carbons (Fsp3) is 0.100. The Morgan fingerprint density at radius 3 is 0.913 bits per heavy atom. The van der Waals surface area contributed by atoms with Crippen molar-refractivity contribution >= 4 is 0 Å². The Balaban J connectivity index is 2.21. The monoisotopic (exact) mass is 312 g/mol. The van der Waals surface area contributed by atoms with Gasteiger partial charge in [-0.05, 0) is 60.0 Å². The predicted octanol–water partition coefficient (Wildman–Crippen LogP) is 5.46. The summed E-state index contributed by atoms with van der Waals surface area (Å²) >= 11 is 0. The normalized spacial score (nSPS) is 11.5.